The molecule has 3 nitrogen and oxygen atoms in total. The predicted molar refractivity (Wildman–Crippen MR) is 68.2 cm³/mol. The molecule has 0 aromatic heterocycles. The number of hydrogen-bond acceptors (Lipinski definition) is 2. The van der Waals surface area contributed by atoms with Crippen LogP contribution in [0.25, 0.3) is 0 Å². The van der Waals surface area contributed by atoms with E-state index in [9.17, 15) is 4.79 Å². The molecule has 0 aromatic rings. The van der Waals surface area contributed by atoms with Crippen molar-refractivity contribution in [1.82, 2.24) is 5.32 Å². The van der Waals surface area contributed by atoms with Gasteiger partial charge in [-0.25, -0.2) is 0 Å². The van der Waals surface area contributed by atoms with Crippen LogP contribution >= 0.6 is 0 Å². The molecular formula is C14H24N2O. The Morgan fingerprint density at radius 3 is 2.71 bits per heavy atom. The van der Waals surface area contributed by atoms with Gasteiger partial charge in [0, 0.05) is 6.04 Å². The van der Waals surface area contributed by atoms with Gasteiger partial charge < -0.3 is 5.32 Å². The lowest BCUT2D eigenvalue weighted by Crippen LogP contribution is -2.44. The molecule has 0 spiro atoms. The Kier molecular flexibility index (Phi) is 6.04. The highest BCUT2D eigenvalue weighted by atomic mass is 16.1. The first-order valence-electron chi connectivity index (χ1n) is 6.92. The van der Waals surface area contributed by atoms with Crippen LogP contribution in [0.15, 0.2) is 0 Å². The summed E-state index contributed by atoms with van der Waals surface area (Å²) in [5.41, 5.74) is 0. The third kappa shape index (κ3) is 4.03. The lowest BCUT2D eigenvalue weighted by Gasteiger charge is -2.32. The largest absolute Gasteiger partial charge is 0.352 e. The normalized spacial score (nSPS) is 25.9. The number of nitriles is 1. The summed E-state index contributed by atoms with van der Waals surface area (Å²) in [6.45, 7) is 4.19. The minimum absolute atomic E-state index is 0.0558. The Morgan fingerprint density at radius 1 is 1.41 bits per heavy atom. The number of carbonyl (C=O) groups is 1. The summed E-state index contributed by atoms with van der Waals surface area (Å²) in [7, 11) is 0. The quantitative estimate of drug-likeness (QED) is 0.797. The van der Waals surface area contributed by atoms with Gasteiger partial charge in [0.15, 0.2) is 0 Å². The van der Waals surface area contributed by atoms with E-state index in [0.29, 0.717) is 18.4 Å². The summed E-state index contributed by atoms with van der Waals surface area (Å²) < 4.78 is 0. The topological polar surface area (TPSA) is 52.9 Å². The third-order valence-corrected chi connectivity index (χ3v) is 3.81. The van der Waals surface area contributed by atoms with Crippen molar-refractivity contribution in [2.24, 2.45) is 11.8 Å². The van der Waals surface area contributed by atoms with E-state index >= 15 is 0 Å². The highest BCUT2D eigenvalue weighted by molar-refractivity contribution is 5.81. The highest BCUT2D eigenvalue weighted by Crippen LogP contribution is 2.27. The van der Waals surface area contributed by atoms with Crippen LogP contribution in [0.2, 0.25) is 0 Å². The molecule has 1 N–H and O–H groups in total. The predicted octanol–water partition coefficient (Wildman–Crippen LogP) is 3.01. The third-order valence-electron chi connectivity index (χ3n) is 3.81. The second kappa shape index (κ2) is 7.32. The maximum atomic E-state index is 12.0. The van der Waals surface area contributed by atoms with E-state index in [1.54, 1.807) is 0 Å². The molecule has 3 heteroatoms. The van der Waals surface area contributed by atoms with E-state index in [1.807, 2.05) is 6.92 Å². The first-order chi connectivity index (χ1) is 8.22. The maximum absolute atomic E-state index is 12.0. The summed E-state index contributed by atoms with van der Waals surface area (Å²) in [4.78, 5) is 12.0. The van der Waals surface area contributed by atoms with Gasteiger partial charge in [0.05, 0.1) is 6.07 Å². The monoisotopic (exact) mass is 236 g/mol. The van der Waals surface area contributed by atoms with E-state index in [-0.39, 0.29) is 5.91 Å². The van der Waals surface area contributed by atoms with E-state index in [4.69, 9.17) is 5.26 Å². The van der Waals surface area contributed by atoms with Gasteiger partial charge in [-0.15, -0.1) is 0 Å². The fraction of sp³-hybridized carbons (Fsp3) is 0.857. The van der Waals surface area contributed by atoms with Crippen LogP contribution in [0, 0.1) is 23.2 Å². The Hall–Kier alpha value is -1.04. The molecule has 1 aliphatic rings. The molecule has 1 rings (SSSR count). The standard InChI is InChI=1S/C14H24N2O/c1-3-7-12(10-15)14(17)16-13-9-6-5-8-11(13)4-2/h11-13H,3-9H2,1-2H3,(H,16,17). The molecule has 0 heterocycles. The highest BCUT2D eigenvalue weighted by Gasteiger charge is 2.27. The van der Waals surface area contributed by atoms with Crippen LogP contribution in [0.1, 0.15) is 58.8 Å². The van der Waals surface area contributed by atoms with Crippen LogP contribution in [0.5, 0.6) is 0 Å². The van der Waals surface area contributed by atoms with Gasteiger partial charge in [-0.2, -0.15) is 5.26 Å². The lowest BCUT2D eigenvalue weighted by molar-refractivity contribution is -0.124. The van der Waals surface area contributed by atoms with Crippen molar-refractivity contribution in [1.29, 1.82) is 5.26 Å². The first-order valence-corrected chi connectivity index (χ1v) is 6.92. The summed E-state index contributed by atoms with van der Waals surface area (Å²) in [5.74, 6) is 0.0906. The van der Waals surface area contributed by atoms with Crippen LogP contribution in [0.3, 0.4) is 0 Å². The summed E-state index contributed by atoms with van der Waals surface area (Å²) in [5, 5.41) is 12.1. The Bertz CT molecular complexity index is 282. The fourth-order valence-corrected chi connectivity index (χ4v) is 2.71. The Morgan fingerprint density at radius 2 is 2.12 bits per heavy atom. The molecule has 17 heavy (non-hydrogen) atoms. The minimum Gasteiger partial charge on any atom is -0.352 e. The molecule has 1 saturated carbocycles. The molecule has 96 valence electrons. The van der Waals surface area contributed by atoms with Crippen molar-refractivity contribution in [3.05, 3.63) is 0 Å². The maximum Gasteiger partial charge on any atom is 0.237 e. The number of hydrogen-bond donors (Lipinski definition) is 1. The van der Waals surface area contributed by atoms with Crippen molar-refractivity contribution >= 4 is 5.91 Å². The van der Waals surface area contributed by atoms with Crippen LogP contribution in [-0.2, 0) is 4.79 Å². The second-order valence-corrected chi connectivity index (χ2v) is 5.04. The van der Waals surface area contributed by atoms with E-state index < -0.39 is 5.92 Å². The zero-order valence-electron chi connectivity index (χ0n) is 11.0. The van der Waals surface area contributed by atoms with Crippen molar-refractivity contribution < 1.29 is 4.79 Å². The number of nitrogens with one attached hydrogen (secondary N) is 1. The van der Waals surface area contributed by atoms with Gasteiger partial charge in [-0.1, -0.05) is 39.5 Å². The van der Waals surface area contributed by atoms with Crippen LogP contribution in [-0.4, -0.2) is 11.9 Å². The van der Waals surface area contributed by atoms with Gasteiger partial charge >= 0.3 is 0 Å². The second-order valence-electron chi connectivity index (χ2n) is 5.04. The zero-order chi connectivity index (χ0) is 12.7. The number of amides is 1. The van der Waals surface area contributed by atoms with Crippen molar-refractivity contribution in [2.75, 3.05) is 0 Å². The summed E-state index contributed by atoms with van der Waals surface area (Å²) in [6.07, 6.45) is 7.45. The molecule has 0 saturated heterocycles. The summed E-state index contributed by atoms with van der Waals surface area (Å²) in [6, 6.07) is 2.41. The van der Waals surface area contributed by atoms with Gasteiger partial charge in [0.2, 0.25) is 5.91 Å². The molecule has 3 atom stereocenters. The summed E-state index contributed by atoms with van der Waals surface area (Å²) >= 11 is 0. The number of carbonyl (C=O) groups excluding carboxylic acids is 1. The average molecular weight is 236 g/mol. The van der Waals surface area contributed by atoms with E-state index in [0.717, 1.165) is 19.3 Å². The van der Waals surface area contributed by atoms with Gasteiger partial charge in [-0.05, 0) is 25.2 Å². The molecule has 1 aliphatic carbocycles. The van der Waals surface area contributed by atoms with E-state index in [2.05, 4.69) is 18.3 Å². The molecule has 1 amide bonds. The first kappa shape index (κ1) is 14.0. The van der Waals surface area contributed by atoms with Crippen LogP contribution in [0.4, 0.5) is 0 Å². The van der Waals surface area contributed by atoms with Crippen molar-refractivity contribution in [2.45, 2.75) is 64.8 Å². The molecule has 0 radical (unpaired) electrons. The van der Waals surface area contributed by atoms with Crippen molar-refractivity contribution in [3.63, 3.8) is 0 Å². The molecule has 0 aromatic carbocycles. The Labute approximate surface area is 105 Å². The zero-order valence-corrected chi connectivity index (χ0v) is 11.0. The van der Waals surface area contributed by atoms with Crippen LogP contribution < -0.4 is 5.32 Å². The smallest absolute Gasteiger partial charge is 0.237 e. The SMILES string of the molecule is CCCC(C#N)C(=O)NC1CCCCC1CC. The molecule has 0 bridgehead atoms. The molecule has 1 fully saturated rings. The average Bonchev–Trinajstić information content (AvgIpc) is 2.36. The van der Waals surface area contributed by atoms with Gasteiger partial charge in [-0.3, -0.25) is 4.79 Å². The molecular weight excluding hydrogens is 212 g/mol. The lowest BCUT2D eigenvalue weighted by atomic mass is 9.82. The fourth-order valence-electron chi connectivity index (χ4n) is 2.71. The molecule has 3 unspecified atom stereocenters. The van der Waals surface area contributed by atoms with Gasteiger partial charge in [0.1, 0.15) is 5.92 Å². The van der Waals surface area contributed by atoms with Gasteiger partial charge in [0.25, 0.3) is 0 Å². The molecule has 0 aliphatic heterocycles. The number of rotatable bonds is 5. The van der Waals surface area contributed by atoms with E-state index in [1.165, 1.54) is 19.3 Å². The Balaban J connectivity index is 2.51. The number of nitrogens with zero attached hydrogens (tertiary/aromatic N) is 1. The van der Waals surface area contributed by atoms with Crippen molar-refractivity contribution in [3.8, 4) is 6.07 Å². The minimum atomic E-state index is -0.459.